The van der Waals surface area contributed by atoms with Crippen LogP contribution in [-0.2, 0) is 24.1 Å². The molecule has 6 heteroatoms. The van der Waals surface area contributed by atoms with E-state index in [-0.39, 0.29) is 12.1 Å². The largest absolute Gasteiger partial charge is 0.382 e. The van der Waals surface area contributed by atoms with Gasteiger partial charge in [-0.15, -0.1) is 11.3 Å². The van der Waals surface area contributed by atoms with Gasteiger partial charge in [0.25, 0.3) is 0 Å². The Morgan fingerprint density at radius 3 is 2.71 bits per heavy atom. The fraction of sp³-hybridized carbons (Fsp3) is 0.483. The average Bonchev–Trinajstić information content (AvgIpc) is 3.46. The number of thiophene rings is 1. The highest BCUT2D eigenvalue weighted by molar-refractivity contribution is 7.15. The fourth-order valence-electron chi connectivity index (χ4n) is 5.42. The van der Waals surface area contributed by atoms with Crippen LogP contribution in [0.1, 0.15) is 84.8 Å². The number of aryl methyl sites for hydroxylation is 1. The predicted molar refractivity (Wildman–Crippen MR) is 143 cm³/mol. The van der Waals surface area contributed by atoms with Gasteiger partial charge in [-0.2, -0.15) is 0 Å². The van der Waals surface area contributed by atoms with E-state index < -0.39 is 0 Å². The highest BCUT2D eigenvalue weighted by atomic mass is 32.1. The summed E-state index contributed by atoms with van der Waals surface area (Å²) in [5.74, 6) is 0.477. The van der Waals surface area contributed by atoms with E-state index in [0.717, 1.165) is 30.5 Å². The molecule has 2 aromatic heterocycles. The third kappa shape index (κ3) is 4.78. The Bertz CT molecular complexity index is 1160. The Balaban J connectivity index is 1.54. The molecule has 186 valence electrons. The van der Waals surface area contributed by atoms with Crippen molar-refractivity contribution in [3.8, 4) is 5.00 Å². The first-order chi connectivity index (χ1) is 17.1. The standard InChI is InChI=1S/C29H37N3O2S/c1-4-34-18-8-16-30-29(33)32-19-24-23-9-5-6-11-26(23)35-28(24)31-17-7-10-25(31)27(32)22-14-12-21(13-15-22)20(2)3/h7,10,12-15,17,20,27H,4-6,8-9,11,16,18-19H2,1-3H3,(H,30,33)/t27-/m0/s1. The van der Waals surface area contributed by atoms with Crippen molar-refractivity contribution in [1.82, 2.24) is 14.8 Å². The Hall–Kier alpha value is -2.57. The quantitative estimate of drug-likeness (QED) is 0.379. The molecule has 5 rings (SSSR count). The summed E-state index contributed by atoms with van der Waals surface area (Å²) in [5.41, 5.74) is 6.46. The Kier molecular flexibility index (Phi) is 7.30. The summed E-state index contributed by atoms with van der Waals surface area (Å²) in [5, 5.41) is 4.49. The molecule has 0 saturated heterocycles. The zero-order valence-electron chi connectivity index (χ0n) is 21.2. The first-order valence-electron chi connectivity index (χ1n) is 13.1. The molecule has 0 fully saturated rings. The van der Waals surface area contributed by atoms with Crippen LogP contribution in [0.3, 0.4) is 0 Å². The van der Waals surface area contributed by atoms with Crippen molar-refractivity contribution < 1.29 is 9.53 Å². The van der Waals surface area contributed by atoms with E-state index in [1.165, 1.54) is 39.4 Å². The Labute approximate surface area is 213 Å². The molecule has 3 heterocycles. The second-order valence-corrected chi connectivity index (χ2v) is 11.0. The van der Waals surface area contributed by atoms with Crippen LogP contribution < -0.4 is 5.32 Å². The van der Waals surface area contributed by atoms with Gasteiger partial charge < -0.3 is 19.5 Å². The van der Waals surface area contributed by atoms with Crippen molar-refractivity contribution >= 4 is 17.4 Å². The summed E-state index contributed by atoms with van der Waals surface area (Å²) in [7, 11) is 0. The van der Waals surface area contributed by atoms with Crippen molar-refractivity contribution in [1.29, 1.82) is 0 Å². The lowest BCUT2D eigenvalue weighted by Crippen LogP contribution is -2.42. The molecule has 1 aliphatic heterocycles. The molecule has 1 aliphatic carbocycles. The molecule has 1 N–H and O–H groups in total. The van der Waals surface area contributed by atoms with Crippen LogP contribution in [0.4, 0.5) is 4.79 Å². The van der Waals surface area contributed by atoms with Crippen LogP contribution in [0, 0.1) is 0 Å². The van der Waals surface area contributed by atoms with Crippen LogP contribution in [0.15, 0.2) is 42.6 Å². The zero-order chi connectivity index (χ0) is 24.4. The minimum absolute atomic E-state index is 0.00389. The van der Waals surface area contributed by atoms with Crippen LogP contribution in [-0.4, -0.2) is 35.3 Å². The minimum Gasteiger partial charge on any atom is -0.382 e. The summed E-state index contributed by atoms with van der Waals surface area (Å²) in [6.07, 6.45) is 7.77. The first kappa shape index (κ1) is 24.1. The molecular weight excluding hydrogens is 454 g/mol. The molecule has 0 unspecified atom stereocenters. The number of amides is 2. The third-order valence-electron chi connectivity index (χ3n) is 7.30. The molecule has 0 bridgehead atoms. The number of hydrogen-bond donors (Lipinski definition) is 1. The van der Waals surface area contributed by atoms with E-state index in [1.807, 2.05) is 18.3 Å². The van der Waals surface area contributed by atoms with Crippen molar-refractivity contribution in [3.05, 3.63) is 75.4 Å². The number of hydrogen-bond acceptors (Lipinski definition) is 3. The summed E-state index contributed by atoms with van der Waals surface area (Å²) in [6.45, 7) is 9.06. The molecule has 2 aliphatic rings. The number of fused-ring (bicyclic) bond motifs is 5. The maximum Gasteiger partial charge on any atom is 0.318 e. The monoisotopic (exact) mass is 491 g/mol. The zero-order valence-corrected chi connectivity index (χ0v) is 22.0. The Morgan fingerprint density at radius 2 is 1.94 bits per heavy atom. The molecular formula is C29H37N3O2S. The van der Waals surface area contributed by atoms with Crippen LogP contribution in [0.5, 0.6) is 0 Å². The number of aromatic nitrogens is 1. The van der Waals surface area contributed by atoms with Crippen LogP contribution in [0.2, 0.25) is 0 Å². The molecule has 35 heavy (non-hydrogen) atoms. The van der Waals surface area contributed by atoms with Gasteiger partial charge in [-0.25, -0.2) is 4.79 Å². The SMILES string of the molecule is CCOCCCNC(=O)N1Cc2c(sc3c2CCCC3)-n2cccc2[C@@H]1c1ccc(C(C)C)cc1. The number of carbonyl (C=O) groups excluding carboxylic acids is 1. The normalized spacial score (nSPS) is 17.0. The topological polar surface area (TPSA) is 46.5 Å². The van der Waals surface area contributed by atoms with Gasteiger partial charge in [0, 0.05) is 36.4 Å². The number of nitrogens with zero attached hydrogens (tertiary/aromatic N) is 2. The lowest BCUT2D eigenvalue weighted by atomic mass is 9.94. The highest BCUT2D eigenvalue weighted by Gasteiger charge is 2.35. The first-order valence-corrected chi connectivity index (χ1v) is 13.9. The number of nitrogens with one attached hydrogen (secondary N) is 1. The van der Waals surface area contributed by atoms with Gasteiger partial charge in [0.2, 0.25) is 0 Å². The fourth-order valence-corrected chi connectivity index (χ4v) is 6.82. The smallest absolute Gasteiger partial charge is 0.318 e. The highest BCUT2D eigenvalue weighted by Crippen LogP contribution is 2.44. The number of rotatable bonds is 7. The second-order valence-electron chi connectivity index (χ2n) is 9.93. The van der Waals surface area contributed by atoms with E-state index in [4.69, 9.17) is 4.74 Å². The Morgan fingerprint density at radius 1 is 1.14 bits per heavy atom. The van der Waals surface area contributed by atoms with Crippen LogP contribution >= 0.6 is 11.3 Å². The molecule has 5 nitrogen and oxygen atoms in total. The van der Waals surface area contributed by atoms with Gasteiger partial charge in [0.05, 0.1) is 18.3 Å². The summed E-state index contributed by atoms with van der Waals surface area (Å²) >= 11 is 1.93. The van der Waals surface area contributed by atoms with E-state index in [1.54, 1.807) is 0 Å². The summed E-state index contributed by atoms with van der Waals surface area (Å²) in [6, 6.07) is 13.0. The summed E-state index contributed by atoms with van der Waals surface area (Å²) in [4.78, 5) is 17.3. The number of ether oxygens (including phenoxy) is 1. The van der Waals surface area contributed by atoms with Gasteiger partial charge in [-0.3, -0.25) is 0 Å². The maximum absolute atomic E-state index is 13.7. The average molecular weight is 492 g/mol. The van der Waals surface area contributed by atoms with Gasteiger partial charge in [0.15, 0.2) is 0 Å². The van der Waals surface area contributed by atoms with Crippen molar-refractivity contribution in [2.75, 3.05) is 19.8 Å². The van der Waals surface area contributed by atoms with Crippen molar-refractivity contribution in [2.24, 2.45) is 0 Å². The summed E-state index contributed by atoms with van der Waals surface area (Å²) < 4.78 is 7.82. The van der Waals surface area contributed by atoms with Gasteiger partial charge in [-0.05, 0) is 73.8 Å². The number of carbonyl (C=O) groups is 1. The minimum atomic E-state index is -0.142. The van der Waals surface area contributed by atoms with Gasteiger partial charge >= 0.3 is 6.03 Å². The number of benzene rings is 1. The van der Waals surface area contributed by atoms with E-state index in [0.29, 0.717) is 32.2 Å². The van der Waals surface area contributed by atoms with Crippen LogP contribution in [0.25, 0.3) is 5.00 Å². The maximum atomic E-state index is 13.7. The lowest BCUT2D eigenvalue weighted by molar-refractivity contribution is 0.143. The van der Waals surface area contributed by atoms with E-state index in [2.05, 4.69) is 71.2 Å². The molecule has 0 radical (unpaired) electrons. The third-order valence-corrected chi connectivity index (χ3v) is 8.64. The second kappa shape index (κ2) is 10.6. The molecule has 3 aromatic rings. The molecule has 0 spiro atoms. The molecule has 0 saturated carbocycles. The lowest BCUT2D eigenvalue weighted by Gasteiger charge is -2.31. The molecule has 1 atom stereocenters. The van der Waals surface area contributed by atoms with E-state index >= 15 is 0 Å². The van der Waals surface area contributed by atoms with Crippen molar-refractivity contribution in [3.63, 3.8) is 0 Å². The van der Waals surface area contributed by atoms with Crippen molar-refractivity contribution in [2.45, 2.75) is 71.4 Å². The van der Waals surface area contributed by atoms with E-state index in [9.17, 15) is 4.79 Å². The van der Waals surface area contributed by atoms with Gasteiger partial charge in [0.1, 0.15) is 5.00 Å². The molecule has 2 amide bonds. The number of urea groups is 1. The predicted octanol–water partition coefficient (Wildman–Crippen LogP) is 6.58. The molecule has 1 aromatic carbocycles. The van der Waals surface area contributed by atoms with Gasteiger partial charge in [-0.1, -0.05) is 38.1 Å².